The quantitative estimate of drug-likeness (QED) is 0.717. The summed E-state index contributed by atoms with van der Waals surface area (Å²) in [6, 6.07) is 9.44. The SMILES string of the molecule is Cc1cc(C)n(Cc2cccc(C(=O)Nc3nc(C)c(C(=O)N(C)C)s3)c2)n1. The fourth-order valence-electron chi connectivity index (χ4n) is 2.84. The molecule has 146 valence electrons. The van der Waals surface area contributed by atoms with Gasteiger partial charge in [-0.25, -0.2) is 4.98 Å². The molecule has 8 heteroatoms. The predicted octanol–water partition coefficient (Wildman–Crippen LogP) is 3.27. The molecule has 0 fully saturated rings. The fourth-order valence-corrected chi connectivity index (χ4v) is 3.82. The molecule has 0 spiro atoms. The number of aromatic nitrogens is 3. The monoisotopic (exact) mass is 397 g/mol. The molecule has 1 aromatic carbocycles. The van der Waals surface area contributed by atoms with E-state index in [0.717, 1.165) is 17.0 Å². The first-order valence-corrected chi connectivity index (χ1v) is 9.66. The Morgan fingerprint density at radius 1 is 1.18 bits per heavy atom. The normalized spacial score (nSPS) is 10.8. The Balaban J connectivity index is 1.76. The molecule has 0 radical (unpaired) electrons. The maximum absolute atomic E-state index is 12.7. The molecule has 0 aliphatic rings. The summed E-state index contributed by atoms with van der Waals surface area (Å²) in [6.45, 7) is 6.32. The van der Waals surface area contributed by atoms with Gasteiger partial charge < -0.3 is 4.90 Å². The Bertz CT molecular complexity index is 1040. The van der Waals surface area contributed by atoms with E-state index in [1.54, 1.807) is 27.1 Å². The van der Waals surface area contributed by atoms with Crippen LogP contribution in [0.5, 0.6) is 0 Å². The summed E-state index contributed by atoms with van der Waals surface area (Å²) in [7, 11) is 3.38. The maximum atomic E-state index is 12.7. The molecular weight excluding hydrogens is 374 g/mol. The second-order valence-corrected chi connectivity index (χ2v) is 7.87. The first kappa shape index (κ1) is 19.8. The Morgan fingerprint density at radius 2 is 1.93 bits per heavy atom. The van der Waals surface area contributed by atoms with E-state index in [0.29, 0.717) is 27.8 Å². The standard InChI is InChI=1S/C20H23N5O2S/c1-12-9-13(2)25(23-12)11-15-7-6-8-16(10-15)18(26)22-20-21-14(3)17(28-20)19(27)24(4)5/h6-10H,11H2,1-5H3,(H,21,22,26). The Hall–Kier alpha value is -3.00. The summed E-state index contributed by atoms with van der Waals surface area (Å²) < 4.78 is 1.91. The summed E-state index contributed by atoms with van der Waals surface area (Å²) in [5.41, 5.74) is 4.17. The van der Waals surface area contributed by atoms with E-state index in [2.05, 4.69) is 15.4 Å². The van der Waals surface area contributed by atoms with Crippen molar-refractivity contribution in [3.05, 3.63) is 63.4 Å². The molecule has 0 atom stereocenters. The van der Waals surface area contributed by atoms with Crippen LogP contribution in [0.15, 0.2) is 30.3 Å². The third-order valence-electron chi connectivity index (χ3n) is 4.24. The molecule has 7 nitrogen and oxygen atoms in total. The topological polar surface area (TPSA) is 80.1 Å². The van der Waals surface area contributed by atoms with Gasteiger partial charge in [0.1, 0.15) is 4.88 Å². The number of carbonyl (C=O) groups excluding carboxylic acids is 2. The third-order valence-corrected chi connectivity index (χ3v) is 5.30. The number of aryl methyl sites for hydroxylation is 3. The van der Waals surface area contributed by atoms with Gasteiger partial charge in [0, 0.05) is 25.4 Å². The number of nitrogens with zero attached hydrogens (tertiary/aromatic N) is 4. The smallest absolute Gasteiger partial charge is 0.265 e. The number of benzene rings is 1. The minimum atomic E-state index is -0.257. The van der Waals surface area contributed by atoms with Crippen molar-refractivity contribution in [3.8, 4) is 0 Å². The van der Waals surface area contributed by atoms with E-state index in [4.69, 9.17) is 0 Å². The van der Waals surface area contributed by atoms with Crippen LogP contribution in [0.3, 0.4) is 0 Å². The average Bonchev–Trinajstić information content (AvgIpc) is 3.15. The van der Waals surface area contributed by atoms with Crippen molar-refractivity contribution in [2.45, 2.75) is 27.3 Å². The number of anilines is 1. The van der Waals surface area contributed by atoms with Gasteiger partial charge in [0.25, 0.3) is 11.8 Å². The second kappa shape index (κ2) is 7.93. The Kier molecular flexibility index (Phi) is 5.60. The molecule has 2 amide bonds. The average molecular weight is 398 g/mol. The van der Waals surface area contributed by atoms with Crippen LogP contribution in [0.4, 0.5) is 5.13 Å². The lowest BCUT2D eigenvalue weighted by Gasteiger charge is -2.08. The first-order valence-electron chi connectivity index (χ1n) is 8.85. The molecular formula is C20H23N5O2S. The first-order chi connectivity index (χ1) is 13.2. The molecule has 0 aliphatic heterocycles. The van der Waals surface area contributed by atoms with Crippen molar-refractivity contribution in [3.63, 3.8) is 0 Å². The van der Waals surface area contributed by atoms with Gasteiger partial charge in [-0.1, -0.05) is 23.5 Å². The summed E-state index contributed by atoms with van der Waals surface area (Å²) >= 11 is 1.18. The molecule has 3 aromatic rings. The lowest BCUT2D eigenvalue weighted by atomic mass is 10.1. The van der Waals surface area contributed by atoms with Crippen LogP contribution in [0.2, 0.25) is 0 Å². The van der Waals surface area contributed by atoms with Crippen molar-refractivity contribution < 1.29 is 9.59 Å². The van der Waals surface area contributed by atoms with Crippen molar-refractivity contribution in [1.82, 2.24) is 19.7 Å². The number of thiazole rings is 1. The van der Waals surface area contributed by atoms with Gasteiger partial charge in [-0.05, 0) is 44.5 Å². The van der Waals surface area contributed by atoms with Gasteiger partial charge in [0.15, 0.2) is 5.13 Å². The van der Waals surface area contributed by atoms with Crippen molar-refractivity contribution >= 4 is 28.3 Å². The largest absolute Gasteiger partial charge is 0.344 e. The van der Waals surface area contributed by atoms with Crippen LogP contribution in [-0.2, 0) is 6.54 Å². The highest BCUT2D eigenvalue weighted by molar-refractivity contribution is 7.17. The van der Waals surface area contributed by atoms with Crippen molar-refractivity contribution in [2.24, 2.45) is 0 Å². The number of hydrogen-bond acceptors (Lipinski definition) is 5. The molecule has 0 bridgehead atoms. The lowest BCUT2D eigenvalue weighted by molar-refractivity contribution is 0.0831. The fraction of sp³-hybridized carbons (Fsp3) is 0.300. The summed E-state index contributed by atoms with van der Waals surface area (Å²) in [4.78, 5) is 31.1. The molecule has 28 heavy (non-hydrogen) atoms. The van der Waals surface area contributed by atoms with Crippen LogP contribution in [-0.4, -0.2) is 45.6 Å². The zero-order valence-electron chi connectivity index (χ0n) is 16.6. The number of amides is 2. The van der Waals surface area contributed by atoms with Crippen LogP contribution in [0.1, 0.15) is 42.7 Å². The van der Waals surface area contributed by atoms with Gasteiger partial charge in [-0.15, -0.1) is 0 Å². The molecule has 3 rings (SSSR count). The summed E-state index contributed by atoms with van der Waals surface area (Å²) in [5.74, 6) is -0.379. The molecule has 2 aromatic heterocycles. The highest BCUT2D eigenvalue weighted by Crippen LogP contribution is 2.24. The molecule has 0 aliphatic carbocycles. The molecule has 0 unspecified atom stereocenters. The number of rotatable bonds is 5. The summed E-state index contributed by atoms with van der Waals surface area (Å²) in [6.07, 6.45) is 0. The van der Waals surface area contributed by atoms with Crippen LogP contribution in [0, 0.1) is 20.8 Å². The molecule has 2 heterocycles. The van der Waals surface area contributed by atoms with Crippen LogP contribution in [0.25, 0.3) is 0 Å². The highest BCUT2D eigenvalue weighted by atomic mass is 32.1. The Labute approximate surface area is 168 Å². The minimum Gasteiger partial charge on any atom is -0.344 e. The lowest BCUT2D eigenvalue weighted by Crippen LogP contribution is -2.21. The van der Waals surface area contributed by atoms with Gasteiger partial charge in [0.2, 0.25) is 0 Å². The zero-order chi connectivity index (χ0) is 20.4. The van der Waals surface area contributed by atoms with Gasteiger partial charge in [-0.3, -0.25) is 19.6 Å². The van der Waals surface area contributed by atoms with E-state index >= 15 is 0 Å². The van der Waals surface area contributed by atoms with Gasteiger partial charge in [0.05, 0.1) is 17.9 Å². The molecule has 0 saturated carbocycles. The van der Waals surface area contributed by atoms with Crippen molar-refractivity contribution in [2.75, 3.05) is 19.4 Å². The Morgan fingerprint density at radius 3 is 2.57 bits per heavy atom. The van der Waals surface area contributed by atoms with E-state index in [1.807, 2.05) is 42.8 Å². The van der Waals surface area contributed by atoms with Crippen LogP contribution >= 0.6 is 11.3 Å². The highest BCUT2D eigenvalue weighted by Gasteiger charge is 2.18. The van der Waals surface area contributed by atoms with E-state index in [9.17, 15) is 9.59 Å². The van der Waals surface area contributed by atoms with E-state index < -0.39 is 0 Å². The number of carbonyl (C=O) groups is 2. The molecule has 1 N–H and O–H groups in total. The number of nitrogens with one attached hydrogen (secondary N) is 1. The van der Waals surface area contributed by atoms with Crippen molar-refractivity contribution in [1.29, 1.82) is 0 Å². The van der Waals surface area contributed by atoms with Crippen LogP contribution < -0.4 is 5.32 Å². The predicted molar refractivity (Wildman–Crippen MR) is 110 cm³/mol. The minimum absolute atomic E-state index is 0.123. The summed E-state index contributed by atoms with van der Waals surface area (Å²) in [5, 5.41) is 7.67. The molecule has 0 saturated heterocycles. The van der Waals surface area contributed by atoms with E-state index in [1.165, 1.54) is 16.2 Å². The second-order valence-electron chi connectivity index (χ2n) is 6.87. The third kappa shape index (κ3) is 4.28. The zero-order valence-corrected chi connectivity index (χ0v) is 17.4. The number of hydrogen-bond donors (Lipinski definition) is 1. The van der Waals surface area contributed by atoms with Gasteiger partial charge in [-0.2, -0.15) is 5.10 Å². The van der Waals surface area contributed by atoms with Gasteiger partial charge >= 0.3 is 0 Å². The maximum Gasteiger partial charge on any atom is 0.265 e. The van der Waals surface area contributed by atoms with E-state index in [-0.39, 0.29) is 11.8 Å².